The van der Waals surface area contributed by atoms with E-state index in [4.69, 9.17) is 5.73 Å². The SMILES string of the molecule is CN1CCN(c2nc(CSc3nnc(N)s3)cc(=O)[nH]2)CC1. The number of nitrogens with one attached hydrogen (secondary N) is 1. The monoisotopic (exact) mass is 339 g/mol. The number of nitrogens with zero attached hydrogens (tertiary/aromatic N) is 5. The minimum absolute atomic E-state index is 0.128. The molecule has 8 nitrogen and oxygen atoms in total. The van der Waals surface area contributed by atoms with E-state index in [1.807, 2.05) is 0 Å². The van der Waals surface area contributed by atoms with Crippen LogP contribution in [0.3, 0.4) is 0 Å². The molecule has 0 atom stereocenters. The van der Waals surface area contributed by atoms with Crippen LogP contribution in [0.2, 0.25) is 0 Å². The molecule has 0 amide bonds. The number of aromatic amines is 1. The Morgan fingerprint density at radius 2 is 2.14 bits per heavy atom. The summed E-state index contributed by atoms with van der Waals surface area (Å²) in [5, 5.41) is 8.16. The number of likely N-dealkylation sites (N-methyl/N-ethyl adjacent to an activating group) is 1. The molecular formula is C12H17N7OS2. The lowest BCUT2D eigenvalue weighted by Crippen LogP contribution is -2.45. The average molecular weight is 339 g/mol. The van der Waals surface area contributed by atoms with E-state index in [1.54, 1.807) is 0 Å². The highest BCUT2D eigenvalue weighted by Crippen LogP contribution is 2.26. The van der Waals surface area contributed by atoms with Gasteiger partial charge in [-0.05, 0) is 7.05 Å². The molecule has 3 heterocycles. The second-order valence-corrected chi connectivity index (χ2v) is 7.28. The summed E-state index contributed by atoms with van der Waals surface area (Å²) < 4.78 is 0.778. The first-order chi connectivity index (χ1) is 10.6. The molecule has 10 heteroatoms. The molecule has 0 saturated carbocycles. The molecule has 0 aromatic carbocycles. The Bertz CT molecular complexity index is 693. The van der Waals surface area contributed by atoms with Crippen molar-refractivity contribution >= 4 is 34.2 Å². The van der Waals surface area contributed by atoms with Crippen molar-refractivity contribution in [2.75, 3.05) is 43.9 Å². The number of hydrogen-bond acceptors (Lipinski definition) is 9. The fourth-order valence-electron chi connectivity index (χ4n) is 2.15. The summed E-state index contributed by atoms with van der Waals surface area (Å²) in [5.41, 5.74) is 6.16. The number of H-pyrrole nitrogens is 1. The third-order valence-corrected chi connectivity index (χ3v) is 5.27. The first-order valence-electron chi connectivity index (χ1n) is 6.85. The Morgan fingerprint density at radius 1 is 1.36 bits per heavy atom. The number of piperazine rings is 1. The van der Waals surface area contributed by atoms with Crippen LogP contribution < -0.4 is 16.2 Å². The van der Waals surface area contributed by atoms with Crippen LogP contribution in [-0.4, -0.2) is 58.3 Å². The molecule has 1 fully saturated rings. The highest BCUT2D eigenvalue weighted by molar-refractivity contribution is 8.00. The summed E-state index contributed by atoms with van der Waals surface area (Å²) in [7, 11) is 2.09. The van der Waals surface area contributed by atoms with Crippen molar-refractivity contribution < 1.29 is 0 Å². The van der Waals surface area contributed by atoms with Crippen LogP contribution in [0.15, 0.2) is 15.2 Å². The lowest BCUT2D eigenvalue weighted by Gasteiger charge is -2.32. The molecule has 1 saturated heterocycles. The van der Waals surface area contributed by atoms with Gasteiger partial charge in [0.1, 0.15) is 0 Å². The maximum Gasteiger partial charge on any atom is 0.252 e. The Kier molecular flexibility index (Phi) is 4.60. The van der Waals surface area contributed by atoms with Crippen LogP contribution in [0.25, 0.3) is 0 Å². The molecule has 22 heavy (non-hydrogen) atoms. The predicted octanol–water partition coefficient (Wildman–Crippen LogP) is 0.248. The summed E-state index contributed by atoms with van der Waals surface area (Å²) in [4.78, 5) is 23.6. The Hall–Kier alpha value is -1.65. The Labute approximate surface area is 135 Å². The number of nitrogens with two attached hydrogens (primary N) is 1. The van der Waals surface area contributed by atoms with Crippen LogP contribution in [0.4, 0.5) is 11.1 Å². The van der Waals surface area contributed by atoms with Gasteiger partial charge < -0.3 is 15.5 Å². The van der Waals surface area contributed by atoms with Gasteiger partial charge in [-0.15, -0.1) is 10.2 Å². The van der Waals surface area contributed by atoms with E-state index in [9.17, 15) is 4.79 Å². The zero-order valence-corrected chi connectivity index (χ0v) is 13.8. The van der Waals surface area contributed by atoms with Gasteiger partial charge >= 0.3 is 0 Å². The molecule has 2 aromatic heterocycles. The molecular weight excluding hydrogens is 322 g/mol. The van der Waals surface area contributed by atoms with Crippen LogP contribution in [0.1, 0.15) is 5.69 Å². The van der Waals surface area contributed by atoms with Crippen LogP contribution in [0.5, 0.6) is 0 Å². The van der Waals surface area contributed by atoms with Crippen molar-refractivity contribution in [3.05, 3.63) is 22.1 Å². The maximum absolute atomic E-state index is 11.8. The zero-order chi connectivity index (χ0) is 15.5. The fourth-order valence-corrected chi connectivity index (χ4v) is 3.68. The molecule has 118 valence electrons. The van der Waals surface area contributed by atoms with Crippen LogP contribution in [-0.2, 0) is 5.75 Å². The smallest absolute Gasteiger partial charge is 0.252 e. The van der Waals surface area contributed by atoms with Gasteiger partial charge in [-0.1, -0.05) is 23.1 Å². The third kappa shape index (κ3) is 3.76. The zero-order valence-electron chi connectivity index (χ0n) is 12.2. The van der Waals surface area contributed by atoms with Gasteiger partial charge in [0.15, 0.2) is 4.34 Å². The number of nitrogen functional groups attached to an aromatic ring is 1. The quantitative estimate of drug-likeness (QED) is 0.764. The summed E-state index contributed by atoms with van der Waals surface area (Å²) in [6.45, 7) is 3.66. The van der Waals surface area contributed by atoms with Crippen LogP contribution in [0, 0.1) is 0 Å². The second-order valence-electron chi connectivity index (χ2n) is 5.05. The normalized spacial score (nSPS) is 16.1. The van der Waals surface area contributed by atoms with Gasteiger partial charge in [-0.25, -0.2) is 4.98 Å². The predicted molar refractivity (Wildman–Crippen MR) is 88.5 cm³/mol. The number of hydrogen-bond donors (Lipinski definition) is 2. The van der Waals surface area contributed by atoms with Gasteiger partial charge in [0.2, 0.25) is 11.1 Å². The molecule has 0 spiro atoms. The molecule has 1 aliphatic heterocycles. The number of anilines is 2. The topological polar surface area (TPSA) is 104 Å². The maximum atomic E-state index is 11.8. The molecule has 0 aliphatic carbocycles. The molecule has 3 N–H and O–H groups in total. The number of aromatic nitrogens is 4. The van der Waals surface area contributed by atoms with Crippen molar-refractivity contribution in [1.29, 1.82) is 0 Å². The Balaban J connectivity index is 1.71. The van der Waals surface area contributed by atoms with Crippen molar-refractivity contribution in [2.45, 2.75) is 10.1 Å². The third-order valence-electron chi connectivity index (χ3n) is 3.35. The highest BCUT2D eigenvalue weighted by atomic mass is 32.2. The van der Waals surface area contributed by atoms with Crippen molar-refractivity contribution in [3.63, 3.8) is 0 Å². The average Bonchev–Trinajstić information content (AvgIpc) is 2.91. The van der Waals surface area contributed by atoms with Gasteiger partial charge in [0.25, 0.3) is 5.56 Å². The van der Waals surface area contributed by atoms with Gasteiger partial charge in [-0.2, -0.15) is 0 Å². The molecule has 0 unspecified atom stereocenters. The summed E-state index contributed by atoms with van der Waals surface area (Å²) in [6.07, 6.45) is 0. The van der Waals surface area contributed by atoms with Gasteiger partial charge in [0.05, 0.1) is 5.69 Å². The first-order valence-corrected chi connectivity index (χ1v) is 8.66. The van der Waals surface area contributed by atoms with E-state index in [-0.39, 0.29) is 5.56 Å². The van der Waals surface area contributed by atoms with E-state index >= 15 is 0 Å². The van der Waals surface area contributed by atoms with E-state index in [0.29, 0.717) is 16.8 Å². The number of rotatable bonds is 4. The van der Waals surface area contributed by atoms with E-state index in [1.165, 1.54) is 29.2 Å². The van der Waals surface area contributed by atoms with Crippen LogP contribution >= 0.6 is 23.1 Å². The van der Waals surface area contributed by atoms with Gasteiger partial charge in [0, 0.05) is 38.0 Å². The molecule has 2 aromatic rings. The molecule has 1 aliphatic rings. The van der Waals surface area contributed by atoms with E-state index in [2.05, 4.69) is 37.0 Å². The minimum atomic E-state index is -0.128. The first kappa shape index (κ1) is 15.3. The second kappa shape index (κ2) is 6.63. The highest BCUT2D eigenvalue weighted by Gasteiger charge is 2.17. The lowest BCUT2D eigenvalue weighted by atomic mass is 10.3. The summed E-state index contributed by atoms with van der Waals surface area (Å²) >= 11 is 2.81. The standard InChI is InChI=1S/C12H17N7OS2/c1-18-2-4-19(5-3-18)11-14-8(6-9(20)15-11)7-21-12-17-16-10(13)22-12/h6H,2-5,7H2,1H3,(H2,13,16)(H,14,15,20). The largest absolute Gasteiger partial charge is 0.374 e. The van der Waals surface area contributed by atoms with Crippen molar-refractivity contribution in [2.24, 2.45) is 0 Å². The Morgan fingerprint density at radius 3 is 2.82 bits per heavy atom. The molecule has 3 rings (SSSR count). The van der Waals surface area contributed by atoms with Crippen molar-refractivity contribution in [3.8, 4) is 0 Å². The fraction of sp³-hybridized carbons (Fsp3) is 0.500. The molecule has 0 bridgehead atoms. The minimum Gasteiger partial charge on any atom is -0.374 e. The summed E-state index contributed by atoms with van der Waals surface area (Å²) in [6, 6.07) is 1.52. The lowest BCUT2D eigenvalue weighted by molar-refractivity contribution is 0.311. The van der Waals surface area contributed by atoms with E-state index < -0.39 is 0 Å². The molecule has 0 radical (unpaired) electrons. The number of thioether (sulfide) groups is 1. The van der Waals surface area contributed by atoms with Gasteiger partial charge in [-0.3, -0.25) is 9.78 Å². The van der Waals surface area contributed by atoms with E-state index in [0.717, 1.165) is 36.2 Å². The van der Waals surface area contributed by atoms with Crippen molar-refractivity contribution in [1.82, 2.24) is 25.1 Å². The summed E-state index contributed by atoms with van der Waals surface area (Å²) in [5.74, 6) is 1.22.